The van der Waals surface area contributed by atoms with Crippen LogP contribution in [0, 0.1) is 11.8 Å². The van der Waals surface area contributed by atoms with E-state index >= 15 is 0 Å². The first-order valence-electron chi connectivity index (χ1n) is 14.3. The molecule has 0 fully saturated rings. The van der Waals surface area contributed by atoms with E-state index in [4.69, 9.17) is 0 Å². The molecule has 4 N–H and O–H groups in total. The molecule has 0 radical (unpaired) electrons. The number of nitrogens with zero attached hydrogens (tertiary/aromatic N) is 2. The van der Waals surface area contributed by atoms with Gasteiger partial charge in [0.25, 0.3) is 11.8 Å². The molecule has 4 rings (SSSR count). The van der Waals surface area contributed by atoms with E-state index in [9.17, 15) is 19.2 Å². The maximum Gasteiger partial charge on any atom is 0.261 e. The summed E-state index contributed by atoms with van der Waals surface area (Å²) in [5.41, 5.74) is 1.97. The summed E-state index contributed by atoms with van der Waals surface area (Å²) in [5, 5.41) is 6.28. The Morgan fingerprint density at radius 1 is 0.667 bits per heavy atom. The van der Waals surface area contributed by atoms with Gasteiger partial charge in [0.05, 0.1) is 58.7 Å². The summed E-state index contributed by atoms with van der Waals surface area (Å²) in [6.07, 6.45) is 9.68. The molecule has 4 atom stereocenters. The van der Waals surface area contributed by atoms with Gasteiger partial charge in [0.2, 0.25) is 11.8 Å². The quantitative estimate of drug-likeness (QED) is 0.133. The van der Waals surface area contributed by atoms with Crippen LogP contribution in [-0.2, 0) is 19.2 Å². The number of amides is 4. The molecule has 0 spiro atoms. The number of hydrogen-bond donors (Lipinski definition) is 4. The molecule has 0 aromatic rings. The molecular weight excluding hydrogens is 496 g/mol. The molecule has 212 valence electrons. The van der Waals surface area contributed by atoms with Crippen LogP contribution in [0.15, 0.2) is 46.6 Å². The standard InChI is InChI=1S/C29H42N6O4/c1-30-12-5-14-32(3)16-7-17-34-26(36)20-8-10-22-25-23(11-9-21(24(20)25)27(34)37)29(39)35(28(22)38)19-18-33(4)15-6-13-31-2/h8-11,20,23,30-31H,5-7,12-19H2,1-4H3/p+2. The van der Waals surface area contributed by atoms with Crippen molar-refractivity contribution >= 4 is 23.6 Å². The Kier molecular flexibility index (Phi) is 9.66. The van der Waals surface area contributed by atoms with Gasteiger partial charge in [-0.2, -0.15) is 0 Å². The van der Waals surface area contributed by atoms with Crippen LogP contribution < -0.4 is 20.4 Å². The summed E-state index contributed by atoms with van der Waals surface area (Å²) in [5.74, 6) is -2.49. The molecule has 4 aliphatic rings. The van der Waals surface area contributed by atoms with E-state index in [1.54, 1.807) is 24.3 Å². The van der Waals surface area contributed by atoms with Crippen molar-refractivity contribution in [3.05, 3.63) is 46.6 Å². The fourth-order valence-electron chi connectivity index (χ4n) is 5.98. The molecule has 0 saturated carbocycles. The Morgan fingerprint density at radius 3 is 1.59 bits per heavy atom. The highest BCUT2D eigenvalue weighted by Crippen LogP contribution is 2.46. The molecule has 39 heavy (non-hydrogen) atoms. The largest absolute Gasteiger partial charge is 0.337 e. The molecule has 4 unspecified atom stereocenters. The predicted octanol–water partition coefficient (Wildman–Crippen LogP) is -2.67. The normalized spacial score (nSPS) is 23.7. The Labute approximate surface area is 231 Å². The van der Waals surface area contributed by atoms with Crippen LogP contribution in [0.25, 0.3) is 0 Å². The molecule has 10 heteroatoms. The van der Waals surface area contributed by atoms with Crippen LogP contribution in [0.5, 0.6) is 0 Å². The minimum absolute atomic E-state index is 0.266. The summed E-state index contributed by atoms with van der Waals surface area (Å²) in [4.78, 5) is 59.2. The Bertz CT molecular complexity index is 1120. The summed E-state index contributed by atoms with van der Waals surface area (Å²) >= 11 is 0. The van der Waals surface area contributed by atoms with Crippen LogP contribution in [0.2, 0.25) is 0 Å². The van der Waals surface area contributed by atoms with E-state index in [1.165, 1.54) is 19.6 Å². The first-order valence-corrected chi connectivity index (χ1v) is 14.3. The van der Waals surface area contributed by atoms with Gasteiger partial charge < -0.3 is 20.4 Å². The van der Waals surface area contributed by atoms with Crippen LogP contribution in [0.3, 0.4) is 0 Å². The van der Waals surface area contributed by atoms with Gasteiger partial charge in [-0.15, -0.1) is 0 Å². The number of carbonyl (C=O) groups is 4. The number of carbonyl (C=O) groups excluding carboxylic acids is 4. The first-order chi connectivity index (χ1) is 18.8. The summed E-state index contributed by atoms with van der Waals surface area (Å²) < 4.78 is 0. The maximum atomic E-state index is 13.5. The van der Waals surface area contributed by atoms with Crippen molar-refractivity contribution in [1.82, 2.24) is 20.4 Å². The van der Waals surface area contributed by atoms with Gasteiger partial charge in [-0.1, -0.05) is 24.3 Å². The topological polar surface area (TPSA) is 108 Å². The lowest BCUT2D eigenvalue weighted by molar-refractivity contribution is -0.879. The Morgan fingerprint density at radius 2 is 1.10 bits per heavy atom. The number of imide groups is 2. The van der Waals surface area contributed by atoms with Gasteiger partial charge >= 0.3 is 0 Å². The minimum Gasteiger partial charge on any atom is -0.337 e. The van der Waals surface area contributed by atoms with Gasteiger partial charge in [0.1, 0.15) is 0 Å². The lowest BCUT2D eigenvalue weighted by atomic mass is 9.69. The molecule has 4 amide bonds. The monoisotopic (exact) mass is 540 g/mol. The van der Waals surface area contributed by atoms with E-state index in [2.05, 4.69) is 24.7 Å². The lowest BCUT2D eigenvalue weighted by Gasteiger charge is -2.42. The van der Waals surface area contributed by atoms with E-state index in [0.717, 1.165) is 52.0 Å². The first kappa shape index (κ1) is 29.1. The van der Waals surface area contributed by atoms with Crippen molar-refractivity contribution in [2.24, 2.45) is 11.8 Å². The van der Waals surface area contributed by atoms with E-state index in [0.29, 0.717) is 41.9 Å². The van der Waals surface area contributed by atoms with E-state index in [-0.39, 0.29) is 23.6 Å². The Hall–Kier alpha value is -2.92. The predicted molar refractivity (Wildman–Crippen MR) is 148 cm³/mol. The van der Waals surface area contributed by atoms with Crippen molar-refractivity contribution in [1.29, 1.82) is 0 Å². The van der Waals surface area contributed by atoms with Gasteiger partial charge in [-0.05, 0) is 25.2 Å². The third-order valence-electron chi connectivity index (χ3n) is 8.23. The Balaban J connectivity index is 1.48. The third kappa shape index (κ3) is 5.99. The third-order valence-corrected chi connectivity index (χ3v) is 8.23. The van der Waals surface area contributed by atoms with Crippen LogP contribution in [0.4, 0.5) is 0 Å². The second-order valence-electron chi connectivity index (χ2n) is 11.1. The second-order valence-corrected chi connectivity index (χ2v) is 11.1. The highest BCUT2D eigenvalue weighted by atomic mass is 16.2. The van der Waals surface area contributed by atoms with Crippen LogP contribution in [0.1, 0.15) is 19.3 Å². The molecule has 0 bridgehead atoms. The van der Waals surface area contributed by atoms with Crippen molar-refractivity contribution in [2.75, 3.05) is 80.5 Å². The van der Waals surface area contributed by atoms with Gasteiger partial charge in [-0.3, -0.25) is 29.0 Å². The van der Waals surface area contributed by atoms with Crippen molar-refractivity contribution in [2.45, 2.75) is 19.3 Å². The lowest BCUT2D eigenvalue weighted by Crippen LogP contribution is -3.09. The maximum absolute atomic E-state index is 13.5. The van der Waals surface area contributed by atoms with Crippen molar-refractivity contribution < 1.29 is 29.0 Å². The van der Waals surface area contributed by atoms with E-state index < -0.39 is 11.8 Å². The zero-order valence-electron chi connectivity index (χ0n) is 23.8. The van der Waals surface area contributed by atoms with Crippen LogP contribution in [-0.4, -0.2) is 114 Å². The zero-order chi connectivity index (χ0) is 28.1. The fraction of sp³-hybridized carbons (Fsp3) is 0.586. The van der Waals surface area contributed by atoms with Crippen LogP contribution >= 0.6 is 0 Å². The molecule has 0 aromatic heterocycles. The molecule has 2 heterocycles. The highest BCUT2D eigenvalue weighted by molar-refractivity contribution is 6.18. The number of rotatable bonds is 15. The number of hydrogen-bond acceptors (Lipinski definition) is 6. The second kappa shape index (κ2) is 13.0. The molecule has 10 nitrogen and oxygen atoms in total. The minimum atomic E-state index is -0.643. The molecular formula is C29H44N6O4+2. The fourth-order valence-corrected chi connectivity index (χ4v) is 5.98. The molecule has 2 aliphatic carbocycles. The van der Waals surface area contributed by atoms with Gasteiger partial charge in [-0.25, -0.2) is 0 Å². The van der Waals surface area contributed by atoms with Crippen molar-refractivity contribution in [3.8, 4) is 0 Å². The number of nitrogens with one attached hydrogen (secondary N) is 4. The number of likely N-dealkylation sites (N-methyl/N-ethyl adjacent to an activating group) is 1. The summed E-state index contributed by atoms with van der Waals surface area (Å²) in [6, 6.07) is 0. The SMILES string of the molecule is CNCCC[NH+](C)CCCN1C(=O)C2=C3C4=C(C=CC3C1=O)C(=O)N(CC[NH+](C)CCCNC)C(=O)C4C=C2. The average Bonchev–Trinajstić information content (AvgIpc) is 2.92. The summed E-state index contributed by atoms with van der Waals surface area (Å²) in [7, 11) is 8.06. The summed E-state index contributed by atoms with van der Waals surface area (Å²) in [6.45, 7) is 6.10. The molecule has 0 saturated heterocycles. The van der Waals surface area contributed by atoms with Gasteiger partial charge in [0.15, 0.2) is 0 Å². The average molecular weight is 541 g/mol. The molecule has 0 aromatic carbocycles. The van der Waals surface area contributed by atoms with Crippen molar-refractivity contribution in [3.63, 3.8) is 0 Å². The smallest absolute Gasteiger partial charge is 0.261 e. The molecule has 2 aliphatic heterocycles. The number of quaternary nitrogens is 2. The highest BCUT2D eigenvalue weighted by Gasteiger charge is 2.50. The zero-order valence-corrected chi connectivity index (χ0v) is 23.8. The van der Waals surface area contributed by atoms with E-state index in [1.807, 2.05) is 14.1 Å². The van der Waals surface area contributed by atoms with Gasteiger partial charge in [0, 0.05) is 50.0 Å².